The van der Waals surface area contributed by atoms with Gasteiger partial charge in [0.2, 0.25) is 0 Å². The van der Waals surface area contributed by atoms with Crippen LogP contribution in [0, 0.1) is 5.82 Å². The smallest absolute Gasteiger partial charge is 0.387 e. The maximum atomic E-state index is 13.1. The van der Waals surface area contributed by atoms with Crippen molar-refractivity contribution in [1.29, 1.82) is 0 Å². The summed E-state index contributed by atoms with van der Waals surface area (Å²) in [4.78, 5) is 4.05. The molecule has 0 fully saturated rings. The van der Waals surface area contributed by atoms with Gasteiger partial charge in [-0.2, -0.15) is 8.78 Å². The Kier molecular flexibility index (Phi) is 8.26. The van der Waals surface area contributed by atoms with Gasteiger partial charge < -0.3 is 24.8 Å². The van der Waals surface area contributed by atoms with Gasteiger partial charge >= 0.3 is 6.61 Å². The number of rotatable bonds is 9. The van der Waals surface area contributed by atoms with E-state index in [4.69, 9.17) is 9.47 Å². The number of hydrogen-bond donors (Lipinski definition) is 2. The van der Waals surface area contributed by atoms with Crippen LogP contribution in [-0.4, -0.2) is 39.9 Å². The molecule has 0 aliphatic rings. The molecule has 0 heterocycles. The minimum Gasteiger partial charge on any atom is -0.497 e. The summed E-state index contributed by atoms with van der Waals surface area (Å²) in [5.74, 6) is 1.06. The highest BCUT2D eigenvalue weighted by Crippen LogP contribution is 2.25. The Labute approximate surface area is 161 Å². The molecule has 0 aliphatic heterocycles. The summed E-state index contributed by atoms with van der Waals surface area (Å²) in [6.07, 6.45) is 0. The van der Waals surface area contributed by atoms with E-state index in [1.165, 1.54) is 31.4 Å². The monoisotopic (exact) mass is 397 g/mol. The second-order valence-corrected chi connectivity index (χ2v) is 5.51. The van der Waals surface area contributed by atoms with Crippen molar-refractivity contribution in [3.05, 3.63) is 53.8 Å². The van der Waals surface area contributed by atoms with E-state index in [1.54, 1.807) is 25.2 Å². The molecule has 28 heavy (non-hydrogen) atoms. The summed E-state index contributed by atoms with van der Waals surface area (Å²) in [7, 11) is 3.06. The maximum Gasteiger partial charge on any atom is 0.387 e. The van der Waals surface area contributed by atoms with Gasteiger partial charge in [-0.3, -0.25) is 4.99 Å². The zero-order valence-electron chi connectivity index (χ0n) is 15.5. The highest BCUT2D eigenvalue weighted by molar-refractivity contribution is 5.79. The third-order valence-electron chi connectivity index (χ3n) is 3.61. The largest absolute Gasteiger partial charge is 0.497 e. The lowest BCUT2D eigenvalue weighted by Crippen LogP contribution is -2.39. The van der Waals surface area contributed by atoms with Crippen molar-refractivity contribution in [2.75, 3.05) is 27.3 Å². The highest BCUT2D eigenvalue weighted by Gasteiger charge is 2.11. The topological polar surface area (TPSA) is 64.1 Å². The van der Waals surface area contributed by atoms with E-state index in [2.05, 4.69) is 20.4 Å². The van der Waals surface area contributed by atoms with Crippen LogP contribution < -0.4 is 24.8 Å². The Bertz CT molecular complexity index is 788. The standard InChI is InChI=1S/C19H22F3N3O3/c1-23-19(24-8-9-27-16-5-3-4-14(20)11-16)25-12-13-10-15(26-2)6-7-17(13)28-18(21)22/h3-7,10-11,18H,8-9,12H2,1-2H3,(H2,23,24,25). The van der Waals surface area contributed by atoms with Gasteiger partial charge in [-0.25, -0.2) is 4.39 Å². The third kappa shape index (κ3) is 6.90. The van der Waals surface area contributed by atoms with Crippen LogP contribution >= 0.6 is 0 Å². The zero-order valence-corrected chi connectivity index (χ0v) is 15.5. The van der Waals surface area contributed by atoms with E-state index in [9.17, 15) is 13.2 Å². The van der Waals surface area contributed by atoms with Crippen LogP contribution in [0.2, 0.25) is 0 Å². The normalized spacial score (nSPS) is 11.3. The molecule has 0 bridgehead atoms. The summed E-state index contributed by atoms with van der Waals surface area (Å²) < 4.78 is 53.3. The van der Waals surface area contributed by atoms with Crippen LogP contribution in [-0.2, 0) is 6.54 Å². The first-order valence-corrected chi connectivity index (χ1v) is 8.46. The van der Waals surface area contributed by atoms with E-state index in [0.717, 1.165) is 0 Å². The fraction of sp³-hybridized carbons (Fsp3) is 0.316. The predicted molar refractivity (Wildman–Crippen MR) is 99.7 cm³/mol. The van der Waals surface area contributed by atoms with Crippen LogP contribution in [0.25, 0.3) is 0 Å². The van der Waals surface area contributed by atoms with Crippen molar-refractivity contribution in [2.24, 2.45) is 4.99 Å². The fourth-order valence-corrected chi connectivity index (χ4v) is 2.33. The minimum atomic E-state index is -2.93. The number of halogens is 3. The molecular formula is C19H22F3N3O3. The van der Waals surface area contributed by atoms with Crippen molar-refractivity contribution < 1.29 is 27.4 Å². The lowest BCUT2D eigenvalue weighted by atomic mass is 10.2. The first-order valence-electron chi connectivity index (χ1n) is 8.46. The van der Waals surface area contributed by atoms with Crippen molar-refractivity contribution in [1.82, 2.24) is 10.6 Å². The number of methoxy groups -OCH3 is 1. The zero-order chi connectivity index (χ0) is 20.4. The molecule has 0 saturated carbocycles. The van der Waals surface area contributed by atoms with Crippen molar-refractivity contribution in [2.45, 2.75) is 13.2 Å². The van der Waals surface area contributed by atoms with Crippen LogP contribution in [0.4, 0.5) is 13.2 Å². The Morgan fingerprint density at radius 3 is 2.61 bits per heavy atom. The molecule has 0 aromatic heterocycles. The number of nitrogens with one attached hydrogen (secondary N) is 2. The molecule has 0 atom stereocenters. The molecule has 0 unspecified atom stereocenters. The molecule has 9 heteroatoms. The number of guanidine groups is 1. The third-order valence-corrected chi connectivity index (χ3v) is 3.61. The average molecular weight is 397 g/mol. The van der Waals surface area contributed by atoms with E-state index in [-0.39, 0.29) is 24.7 Å². The summed E-state index contributed by atoms with van der Waals surface area (Å²) in [6.45, 7) is -2.06. The molecule has 0 radical (unpaired) electrons. The molecule has 2 aromatic carbocycles. The number of benzene rings is 2. The fourth-order valence-electron chi connectivity index (χ4n) is 2.33. The van der Waals surface area contributed by atoms with Crippen LogP contribution in [0.15, 0.2) is 47.5 Å². The Balaban J connectivity index is 1.86. The van der Waals surface area contributed by atoms with Gasteiger partial charge in [0, 0.05) is 25.2 Å². The lowest BCUT2D eigenvalue weighted by molar-refractivity contribution is -0.0505. The quantitative estimate of drug-likeness (QED) is 0.387. The number of ether oxygens (including phenoxy) is 3. The summed E-state index contributed by atoms with van der Waals surface area (Å²) in [6, 6.07) is 10.4. The van der Waals surface area contributed by atoms with Crippen molar-refractivity contribution in [3.8, 4) is 17.2 Å². The van der Waals surface area contributed by atoms with E-state index >= 15 is 0 Å². The molecule has 152 valence electrons. The SMILES string of the molecule is CN=C(NCCOc1cccc(F)c1)NCc1cc(OC)ccc1OC(F)F. The highest BCUT2D eigenvalue weighted by atomic mass is 19.3. The molecule has 6 nitrogen and oxygen atoms in total. The van der Waals surface area contributed by atoms with Crippen LogP contribution in [0.5, 0.6) is 17.2 Å². The van der Waals surface area contributed by atoms with E-state index < -0.39 is 6.61 Å². The minimum absolute atomic E-state index is 0.0493. The molecule has 2 aromatic rings. The molecule has 0 spiro atoms. The summed E-state index contributed by atoms with van der Waals surface area (Å²) in [5, 5.41) is 6.01. The lowest BCUT2D eigenvalue weighted by Gasteiger charge is -2.15. The number of aliphatic imine (C=N–C) groups is 1. The molecule has 2 rings (SSSR count). The Hall–Kier alpha value is -3.10. The van der Waals surface area contributed by atoms with Gasteiger partial charge in [0.25, 0.3) is 0 Å². The van der Waals surface area contributed by atoms with Crippen LogP contribution in [0.3, 0.4) is 0 Å². The van der Waals surface area contributed by atoms with Crippen LogP contribution in [0.1, 0.15) is 5.56 Å². The first-order chi connectivity index (χ1) is 13.5. The van der Waals surface area contributed by atoms with Crippen molar-refractivity contribution >= 4 is 5.96 Å². The molecule has 2 N–H and O–H groups in total. The van der Waals surface area contributed by atoms with Gasteiger partial charge in [0.05, 0.1) is 13.7 Å². The van der Waals surface area contributed by atoms with Gasteiger partial charge in [-0.15, -0.1) is 0 Å². The van der Waals surface area contributed by atoms with Gasteiger partial charge in [0.15, 0.2) is 5.96 Å². The summed E-state index contributed by atoms with van der Waals surface area (Å²) in [5.41, 5.74) is 0.485. The van der Waals surface area contributed by atoms with Gasteiger partial charge in [-0.1, -0.05) is 6.07 Å². The number of nitrogens with zero attached hydrogens (tertiary/aromatic N) is 1. The molecular weight excluding hydrogens is 375 g/mol. The molecule has 0 saturated heterocycles. The predicted octanol–water partition coefficient (Wildman–Crippen LogP) is 3.18. The average Bonchev–Trinajstić information content (AvgIpc) is 2.68. The van der Waals surface area contributed by atoms with E-state index in [0.29, 0.717) is 29.6 Å². The Morgan fingerprint density at radius 2 is 1.93 bits per heavy atom. The molecule has 0 amide bonds. The molecule has 0 aliphatic carbocycles. The van der Waals surface area contributed by atoms with E-state index in [1.807, 2.05) is 0 Å². The van der Waals surface area contributed by atoms with Crippen molar-refractivity contribution in [3.63, 3.8) is 0 Å². The number of hydrogen-bond acceptors (Lipinski definition) is 4. The van der Waals surface area contributed by atoms with Gasteiger partial charge in [0.1, 0.15) is 29.7 Å². The summed E-state index contributed by atoms with van der Waals surface area (Å²) >= 11 is 0. The maximum absolute atomic E-state index is 13.1. The second-order valence-electron chi connectivity index (χ2n) is 5.51. The first kappa shape index (κ1) is 21.2. The Morgan fingerprint density at radius 1 is 1.11 bits per heavy atom. The van der Waals surface area contributed by atoms with Gasteiger partial charge in [-0.05, 0) is 30.3 Å². The number of alkyl halides is 2. The second kappa shape index (κ2) is 10.9.